The van der Waals surface area contributed by atoms with Gasteiger partial charge in [-0.2, -0.15) is 0 Å². The minimum atomic E-state index is 0.308. The molecule has 1 aliphatic rings. The van der Waals surface area contributed by atoms with Crippen molar-refractivity contribution < 1.29 is 4.74 Å². The molecule has 0 aliphatic carbocycles. The molecule has 1 aromatic heterocycles. The molecule has 1 saturated heterocycles. The Labute approximate surface area is 126 Å². The number of aromatic nitrogens is 1. The van der Waals surface area contributed by atoms with Crippen LogP contribution in [0.15, 0.2) is 6.07 Å². The molecule has 1 atom stereocenters. The number of thiocarbonyl (C=S) groups is 1. The molecule has 1 aromatic rings. The smallest absolute Gasteiger partial charge is 0.107 e. The molecule has 2 rings (SSSR count). The van der Waals surface area contributed by atoms with Gasteiger partial charge in [-0.3, -0.25) is 4.98 Å². The van der Waals surface area contributed by atoms with Crippen molar-refractivity contribution in [3.63, 3.8) is 0 Å². The zero-order valence-electron chi connectivity index (χ0n) is 12.5. The summed E-state index contributed by atoms with van der Waals surface area (Å²) in [6.07, 6.45) is 2.59. The number of hydrogen-bond acceptors (Lipinski definition) is 4. The predicted octanol–water partition coefficient (Wildman–Crippen LogP) is 2.34. The Morgan fingerprint density at radius 1 is 1.55 bits per heavy atom. The van der Waals surface area contributed by atoms with Crippen LogP contribution in [0, 0.1) is 13.8 Å². The van der Waals surface area contributed by atoms with Crippen LogP contribution in [0.4, 0.5) is 5.69 Å². The minimum absolute atomic E-state index is 0.308. The Bertz CT molecular complexity index is 498. The van der Waals surface area contributed by atoms with Gasteiger partial charge in [-0.05, 0) is 39.7 Å². The third-order valence-corrected chi connectivity index (χ3v) is 3.93. The number of nitrogens with two attached hydrogens (primary N) is 1. The summed E-state index contributed by atoms with van der Waals surface area (Å²) in [5, 5.41) is 0. The lowest BCUT2D eigenvalue weighted by molar-refractivity contribution is 0.115. The van der Waals surface area contributed by atoms with E-state index in [-0.39, 0.29) is 0 Å². The highest BCUT2D eigenvalue weighted by Crippen LogP contribution is 2.26. The molecule has 2 heterocycles. The second-order valence-electron chi connectivity index (χ2n) is 5.28. The standard InChI is InChI=1S/C15H23N3OS/c1-4-18(9-12-6-5-7-19-12)13-8-10(2)17-11(3)14(13)15(16)20/h8,12H,4-7,9H2,1-3H3,(H2,16,20). The summed E-state index contributed by atoms with van der Waals surface area (Å²) in [5.41, 5.74) is 9.77. The Hall–Kier alpha value is -1.20. The van der Waals surface area contributed by atoms with Crippen molar-refractivity contribution >= 4 is 22.9 Å². The number of nitrogens with zero attached hydrogens (tertiary/aromatic N) is 2. The number of pyridine rings is 1. The molecule has 1 aliphatic heterocycles. The Morgan fingerprint density at radius 3 is 2.85 bits per heavy atom. The summed E-state index contributed by atoms with van der Waals surface area (Å²) < 4.78 is 5.75. The summed E-state index contributed by atoms with van der Waals surface area (Å²) in [6, 6.07) is 2.07. The van der Waals surface area contributed by atoms with E-state index in [2.05, 4.69) is 22.9 Å². The summed E-state index contributed by atoms with van der Waals surface area (Å²) in [5.74, 6) is 0. The van der Waals surface area contributed by atoms with Gasteiger partial charge in [0.2, 0.25) is 0 Å². The fraction of sp³-hybridized carbons (Fsp3) is 0.600. The van der Waals surface area contributed by atoms with Crippen LogP contribution in [0.5, 0.6) is 0 Å². The first-order valence-electron chi connectivity index (χ1n) is 7.17. The van der Waals surface area contributed by atoms with Crippen LogP contribution in [0.1, 0.15) is 36.7 Å². The van der Waals surface area contributed by atoms with Crippen molar-refractivity contribution in [2.75, 3.05) is 24.6 Å². The zero-order valence-corrected chi connectivity index (χ0v) is 13.3. The van der Waals surface area contributed by atoms with E-state index >= 15 is 0 Å². The second-order valence-corrected chi connectivity index (χ2v) is 5.72. The molecule has 2 N–H and O–H groups in total. The maximum absolute atomic E-state index is 5.90. The molecule has 0 radical (unpaired) electrons. The van der Waals surface area contributed by atoms with Crippen molar-refractivity contribution in [2.45, 2.75) is 39.7 Å². The molecule has 0 amide bonds. The lowest BCUT2D eigenvalue weighted by Crippen LogP contribution is -2.34. The molecule has 4 nitrogen and oxygen atoms in total. The second kappa shape index (κ2) is 6.50. The molecule has 1 fully saturated rings. The molecule has 5 heteroatoms. The Balaban J connectivity index is 2.34. The first kappa shape index (κ1) is 15.2. The molecule has 20 heavy (non-hydrogen) atoms. The van der Waals surface area contributed by atoms with Gasteiger partial charge in [0.25, 0.3) is 0 Å². The Morgan fingerprint density at radius 2 is 2.30 bits per heavy atom. The maximum atomic E-state index is 5.90. The highest BCUT2D eigenvalue weighted by molar-refractivity contribution is 7.80. The maximum Gasteiger partial charge on any atom is 0.107 e. The lowest BCUT2D eigenvalue weighted by Gasteiger charge is -2.28. The number of likely N-dealkylation sites (N-methyl/N-ethyl adjacent to an activating group) is 1. The lowest BCUT2D eigenvalue weighted by atomic mass is 10.1. The van der Waals surface area contributed by atoms with Gasteiger partial charge in [-0.1, -0.05) is 12.2 Å². The minimum Gasteiger partial charge on any atom is -0.389 e. The first-order chi connectivity index (χ1) is 9.52. The van der Waals surface area contributed by atoms with Crippen molar-refractivity contribution in [1.29, 1.82) is 0 Å². The average Bonchev–Trinajstić information content (AvgIpc) is 2.87. The molecule has 1 unspecified atom stereocenters. The quantitative estimate of drug-likeness (QED) is 0.845. The number of anilines is 1. The number of hydrogen-bond donors (Lipinski definition) is 1. The van der Waals surface area contributed by atoms with Gasteiger partial charge in [0.1, 0.15) is 4.99 Å². The van der Waals surface area contributed by atoms with E-state index in [0.29, 0.717) is 11.1 Å². The molecule has 0 bridgehead atoms. The zero-order chi connectivity index (χ0) is 14.7. The molecule has 0 saturated carbocycles. The van der Waals surface area contributed by atoms with E-state index in [1.807, 2.05) is 13.8 Å². The van der Waals surface area contributed by atoms with Gasteiger partial charge in [0, 0.05) is 31.1 Å². The largest absolute Gasteiger partial charge is 0.389 e. The first-order valence-corrected chi connectivity index (χ1v) is 7.58. The van der Waals surface area contributed by atoms with E-state index in [1.165, 1.54) is 0 Å². The summed E-state index contributed by atoms with van der Waals surface area (Å²) in [7, 11) is 0. The highest BCUT2D eigenvalue weighted by Gasteiger charge is 2.22. The van der Waals surface area contributed by atoms with E-state index < -0.39 is 0 Å². The molecular weight excluding hydrogens is 270 g/mol. The van der Waals surface area contributed by atoms with Gasteiger partial charge >= 0.3 is 0 Å². The molecule has 0 spiro atoms. The van der Waals surface area contributed by atoms with Crippen molar-refractivity contribution in [3.8, 4) is 0 Å². The fourth-order valence-corrected chi connectivity index (χ4v) is 3.05. The summed E-state index contributed by atoms with van der Waals surface area (Å²) >= 11 is 5.21. The topological polar surface area (TPSA) is 51.4 Å². The van der Waals surface area contributed by atoms with Gasteiger partial charge in [-0.25, -0.2) is 0 Å². The predicted molar refractivity (Wildman–Crippen MR) is 86.5 cm³/mol. The third kappa shape index (κ3) is 3.27. The van der Waals surface area contributed by atoms with Gasteiger partial charge < -0.3 is 15.4 Å². The Kier molecular flexibility index (Phi) is 4.94. The summed E-state index contributed by atoms with van der Waals surface area (Å²) in [4.78, 5) is 7.19. The third-order valence-electron chi connectivity index (χ3n) is 3.72. The van der Waals surface area contributed by atoms with Crippen LogP contribution in [-0.4, -0.2) is 35.8 Å². The molecule has 0 aromatic carbocycles. The summed E-state index contributed by atoms with van der Waals surface area (Å²) in [6.45, 7) is 8.76. The van der Waals surface area contributed by atoms with Crippen LogP contribution < -0.4 is 10.6 Å². The van der Waals surface area contributed by atoms with E-state index in [9.17, 15) is 0 Å². The fourth-order valence-electron chi connectivity index (χ4n) is 2.79. The SMILES string of the molecule is CCN(CC1CCCO1)c1cc(C)nc(C)c1C(N)=S. The van der Waals surface area contributed by atoms with E-state index in [4.69, 9.17) is 22.7 Å². The van der Waals surface area contributed by atoms with Crippen molar-refractivity contribution in [2.24, 2.45) is 5.73 Å². The van der Waals surface area contributed by atoms with Crippen molar-refractivity contribution in [3.05, 3.63) is 23.0 Å². The van der Waals surface area contributed by atoms with Crippen LogP contribution in [0.2, 0.25) is 0 Å². The highest BCUT2D eigenvalue weighted by atomic mass is 32.1. The number of ether oxygens (including phenoxy) is 1. The van der Waals surface area contributed by atoms with E-state index in [0.717, 1.165) is 55.2 Å². The number of aryl methyl sites for hydroxylation is 2. The molecule has 110 valence electrons. The van der Waals surface area contributed by atoms with Gasteiger partial charge in [-0.15, -0.1) is 0 Å². The van der Waals surface area contributed by atoms with Crippen LogP contribution in [-0.2, 0) is 4.74 Å². The van der Waals surface area contributed by atoms with Crippen LogP contribution in [0.25, 0.3) is 0 Å². The molecular formula is C15H23N3OS. The van der Waals surface area contributed by atoms with Gasteiger partial charge in [0.05, 0.1) is 17.4 Å². The van der Waals surface area contributed by atoms with Crippen LogP contribution in [0.3, 0.4) is 0 Å². The average molecular weight is 293 g/mol. The number of rotatable bonds is 5. The van der Waals surface area contributed by atoms with Gasteiger partial charge in [0.15, 0.2) is 0 Å². The monoisotopic (exact) mass is 293 g/mol. The van der Waals surface area contributed by atoms with E-state index in [1.54, 1.807) is 0 Å². The van der Waals surface area contributed by atoms with Crippen LogP contribution >= 0.6 is 12.2 Å². The van der Waals surface area contributed by atoms with Crippen molar-refractivity contribution in [1.82, 2.24) is 4.98 Å². The normalized spacial score (nSPS) is 18.2.